The zero-order chi connectivity index (χ0) is 34.0. The van der Waals surface area contributed by atoms with Crippen LogP contribution in [0.25, 0.3) is 0 Å². The molecule has 2 fully saturated rings. The third-order valence-corrected chi connectivity index (χ3v) is 8.45. The van der Waals surface area contributed by atoms with Gasteiger partial charge in [-0.1, -0.05) is 67.9 Å². The predicted octanol–water partition coefficient (Wildman–Crippen LogP) is 6.18. The Labute approximate surface area is 281 Å². The average Bonchev–Trinajstić information content (AvgIpc) is 3.10. The standard InChI is InChI=1S/C38H44O10/c1-5-6-22-42-30-23-24(2)43-25(3)31(30)48-38-34(47-37(41)29-20-14-9-15-21-29)33(46-36(40)28-18-12-8-13-19-28)32(26(4)44-38)45-35(39)27-16-10-7-11-17-27/h7-21,24-26,30-34,38H,5-6,22-23H2,1-4H3/t24?,25-,26?,30?,31?,32-,33?,34?,38-/m0/s1. The Morgan fingerprint density at radius 3 is 1.58 bits per heavy atom. The summed E-state index contributed by atoms with van der Waals surface area (Å²) in [6.07, 6.45) is -4.89. The van der Waals surface area contributed by atoms with Gasteiger partial charge in [-0.15, -0.1) is 0 Å². The normalized spacial score (nSPS) is 28.6. The Bertz CT molecular complexity index is 1470. The van der Waals surface area contributed by atoms with Crippen molar-refractivity contribution in [3.05, 3.63) is 108 Å². The van der Waals surface area contributed by atoms with Crippen molar-refractivity contribution in [1.82, 2.24) is 0 Å². The van der Waals surface area contributed by atoms with Gasteiger partial charge < -0.3 is 33.2 Å². The topological polar surface area (TPSA) is 116 Å². The molecule has 256 valence electrons. The summed E-state index contributed by atoms with van der Waals surface area (Å²) in [5.41, 5.74) is 0.830. The maximum atomic E-state index is 13.6. The van der Waals surface area contributed by atoms with Gasteiger partial charge in [0, 0.05) is 13.0 Å². The minimum atomic E-state index is -1.35. The lowest BCUT2D eigenvalue weighted by Crippen LogP contribution is -2.63. The zero-order valence-corrected chi connectivity index (χ0v) is 27.8. The van der Waals surface area contributed by atoms with Crippen molar-refractivity contribution in [1.29, 1.82) is 0 Å². The third-order valence-electron chi connectivity index (χ3n) is 8.45. The summed E-state index contributed by atoms with van der Waals surface area (Å²) in [5, 5.41) is 0. The Morgan fingerprint density at radius 1 is 0.625 bits per heavy atom. The summed E-state index contributed by atoms with van der Waals surface area (Å²) < 4.78 is 43.6. The number of ether oxygens (including phenoxy) is 7. The van der Waals surface area contributed by atoms with Crippen LogP contribution in [-0.2, 0) is 33.2 Å². The van der Waals surface area contributed by atoms with Gasteiger partial charge in [0.05, 0.1) is 41.1 Å². The van der Waals surface area contributed by atoms with E-state index in [1.807, 2.05) is 13.8 Å². The van der Waals surface area contributed by atoms with Crippen molar-refractivity contribution < 1.29 is 47.5 Å². The zero-order valence-electron chi connectivity index (χ0n) is 27.8. The first kappa shape index (κ1) is 35.2. The van der Waals surface area contributed by atoms with E-state index in [1.54, 1.807) is 97.9 Å². The molecular formula is C38H44O10. The molecule has 0 radical (unpaired) electrons. The van der Waals surface area contributed by atoms with Gasteiger partial charge >= 0.3 is 17.9 Å². The molecule has 2 aliphatic heterocycles. The third kappa shape index (κ3) is 8.87. The molecule has 9 atom stereocenters. The van der Waals surface area contributed by atoms with Crippen LogP contribution < -0.4 is 0 Å². The molecule has 5 rings (SSSR count). The molecule has 48 heavy (non-hydrogen) atoms. The second-order valence-electron chi connectivity index (χ2n) is 12.2. The Hall–Kier alpha value is -4.09. The van der Waals surface area contributed by atoms with E-state index in [2.05, 4.69) is 6.92 Å². The number of hydrogen-bond acceptors (Lipinski definition) is 10. The van der Waals surface area contributed by atoms with E-state index in [4.69, 9.17) is 33.2 Å². The van der Waals surface area contributed by atoms with E-state index in [1.165, 1.54) is 0 Å². The van der Waals surface area contributed by atoms with Crippen LogP contribution in [0.5, 0.6) is 0 Å². The quantitative estimate of drug-likeness (QED) is 0.127. The molecule has 0 spiro atoms. The molecule has 0 aliphatic carbocycles. The van der Waals surface area contributed by atoms with Crippen molar-refractivity contribution in [2.75, 3.05) is 6.61 Å². The lowest BCUT2D eigenvalue weighted by molar-refractivity contribution is -0.326. The van der Waals surface area contributed by atoms with E-state index in [9.17, 15) is 14.4 Å². The predicted molar refractivity (Wildman–Crippen MR) is 175 cm³/mol. The number of hydrogen-bond donors (Lipinski definition) is 0. The molecule has 2 aliphatic rings. The number of carbonyl (C=O) groups is 3. The van der Waals surface area contributed by atoms with Crippen LogP contribution in [0.1, 0.15) is 78.0 Å². The first-order valence-corrected chi connectivity index (χ1v) is 16.6. The number of esters is 3. The highest BCUT2D eigenvalue weighted by atomic mass is 16.7. The molecule has 10 heteroatoms. The maximum Gasteiger partial charge on any atom is 0.338 e. The molecule has 6 unspecified atom stereocenters. The fraction of sp³-hybridized carbons (Fsp3) is 0.447. The second-order valence-corrected chi connectivity index (χ2v) is 12.2. The van der Waals surface area contributed by atoms with Crippen LogP contribution in [0.4, 0.5) is 0 Å². The van der Waals surface area contributed by atoms with Gasteiger partial charge in [-0.3, -0.25) is 0 Å². The molecule has 0 saturated carbocycles. The van der Waals surface area contributed by atoms with Crippen LogP contribution in [0.3, 0.4) is 0 Å². The maximum absolute atomic E-state index is 13.6. The molecule has 10 nitrogen and oxygen atoms in total. The Balaban J connectivity index is 1.51. The van der Waals surface area contributed by atoms with Crippen molar-refractivity contribution in [2.24, 2.45) is 0 Å². The molecule has 0 aromatic heterocycles. The lowest BCUT2D eigenvalue weighted by atomic mass is 9.96. The number of rotatable bonds is 12. The summed E-state index contributed by atoms with van der Waals surface area (Å²) in [5.74, 6) is -2.05. The summed E-state index contributed by atoms with van der Waals surface area (Å²) in [4.78, 5) is 40.5. The molecule has 0 N–H and O–H groups in total. The molecule has 3 aromatic carbocycles. The van der Waals surface area contributed by atoms with Crippen molar-refractivity contribution >= 4 is 17.9 Å². The smallest absolute Gasteiger partial charge is 0.338 e. The number of benzene rings is 3. The van der Waals surface area contributed by atoms with Crippen molar-refractivity contribution in [2.45, 2.75) is 102 Å². The van der Waals surface area contributed by atoms with Crippen molar-refractivity contribution in [3.63, 3.8) is 0 Å². The fourth-order valence-electron chi connectivity index (χ4n) is 5.96. The van der Waals surface area contributed by atoms with Crippen LogP contribution >= 0.6 is 0 Å². The van der Waals surface area contributed by atoms with Crippen LogP contribution in [0.2, 0.25) is 0 Å². The minimum Gasteiger partial charge on any atom is -0.452 e. The van der Waals surface area contributed by atoms with Gasteiger partial charge in [-0.05, 0) is 63.6 Å². The molecule has 2 saturated heterocycles. The van der Waals surface area contributed by atoms with Crippen LogP contribution in [0.15, 0.2) is 91.0 Å². The Morgan fingerprint density at radius 2 is 1.08 bits per heavy atom. The highest BCUT2D eigenvalue weighted by Gasteiger charge is 2.53. The number of carbonyl (C=O) groups excluding carboxylic acids is 3. The van der Waals surface area contributed by atoms with Gasteiger partial charge in [0.2, 0.25) is 0 Å². The largest absolute Gasteiger partial charge is 0.452 e. The molecule has 3 aromatic rings. The van der Waals surface area contributed by atoms with Crippen LogP contribution in [0, 0.1) is 0 Å². The highest BCUT2D eigenvalue weighted by Crippen LogP contribution is 2.34. The van der Waals surface area contributed by atoms with Crippen molar-refractivity contribution in [3.8, 4) is 0 Å². The molecule has 0 amide bonds. The molecule has 0 bridgehead atoms. The molecular weight excluding hydrogens is 616 g/mol. The van der Waals surface area contributed by atoms with Gasteiger partial charge in [-0.2, -0.15) is 0 Å². The Kier molecular flexibility index (Phi) is 12.4. The van der Waals surface area contributed by atoms with E-state index < -0.39 is 60.8 Å². The van der Waals surface area contributed by atoms with E-state index in [-0.39, 0.29) is 23.3 Å². The molecule has 2 heterocycles. The second kappa shape index (κ2) is 16.8. The summed E-state index contributed by atoms with van der Waals surface area (Å²) in [7, 11) is 0. The summed E-state index contributed by atoms with van der Waals surface area (Å²) in [6.45, 7) is 8.20. The van der Waals surface area contributed by atoms with E-state index >= 15 is 0 Å². The first-order chi connectivity index (χ1) is 23.2. The highest BCUT2D eigenvalue weighted by molar-refractivity contribution is 5.91. The van der Waals surface area contributed by atoms with Crippen LogP contribution in [-0.4, -0.2) is 79.6 Å². The summed E-state index contributed by atoms with van der Waals surface area (Å²) >= 11 is 0. The van der Waals surface area contributed by atoms with Gasteiger partial charge in [-0.25, -0.2) is 14.4 Å². The monoisotopic (exact) mass is 660 g/mol. The van der Waals surface area contributed by atoms with Gasteiger partial charge in [0.15, 0.2) is 24.6 Å². The fourth-order valence-corrected chi connectivity index (χ4v) is 5.96. The first-order valence-electron chi connectivity index (χ1n) is 16.6. The van der Waals surface area contributed by atoms with Gasteiger partial charge in [0.25, 0.3) is 0 Å². The minimum absolute atomic E-state index is 0.0641. The van der Waals surface area contributed by atoms with Gasteiger partial charge in [0.1, 0.15) is 6.10 Å². The summed E-state index contributed by atoms with van der Waals surface area (Å²) in [6, 6.07) is 25.3. The lowest BCUT2D eigenvalue weighted by Gasteiger charge is -2.47. The van der Waals surface area contributed by atoms with E-state index in [0.717, 1.165) is 12.8 Å². The average molecular weight is 661 g/mol. The SMILES string of the molecule is CCCCOC1CC(C)O[C@@H](C)C1O[C@@H]1OC(C)[C@H](OC(=O)c2ccccc2)C(OC(=O)c2ccccc2)C1OC(=O)c1ccccc1. The van der Waals surface area contributed by atoms with E-state index in [0.29, 0.717) is 18.6 Å². The number of unbranched alkanes of at least 4 members (excludes halogenated alkanes) is 1.